The predicted octanol–water partition coefficient (Wildman–Crippen LogP) is 3.32. The fourth-order valence-corrected chi connectivity index (χ4v) is 4.07. The summed E-state index contributed by atoms with van der Waals surface area (Å²) in [6.07, 6.45) is 3.30. The molecule has 1 N–H and O–H groups in total. The second-order valence-corrected chi connectivity index (χ2v) is 8.55. The van der Waals surface area contributed by atoms with Crippen LogP contribution in [0.3, 0.4) is 0 Å². The number of aryl methyl sites for hydroxylation is 1. The van der Waals surface area contributed by atoms with E-state index >= 15 is 0 Å². The van der Waals surface area contributed by atoms with E-state index in [4.69, 9.17) is 14.2 Å². The SMILES string of the molecule is COc1ccc(Cn2cnc(-n3nc(C(=O)NCc4ccc(OC)cc4OC)c4cc(C)ncc43)n2)cc1. The number of nitrogens with one attached hydrogen (secondary N) is 1. The normalized spacial score (nSPS) is 10.9. The van der Waals surface area contributed by atoms with Crippen molar-refractivity contribution in [2.45, 2.75) is 20.0 Å². The van der Waals surface area contributed by atoms with Crippen molar-refractivity contribution < 1.29 is 19.0 Å². The van der Waals surface area contributed by atoms with Gasteiger partial charge in [0.1, 0.15) is 23.6 Å². The number of carbonyl (C=O) groups excluding carboxylic acids is 1. The first kappa shape index (κ1) is 24.8. The molecular formula is C27H27N7O4. The highest BCUT2D eigenvalue weighted by atomic mass is 16.5. The number of aromatic nitrogens is 6. The molecule has 2 aromatic carbocycles. The number of hydrogen-bond acceptors (Lipinski definition) is 8. The Labute approximate surface area is 219 Å². The summed E-state index contributed by atoms with van der Waals surface area (Å²) in [7, 11) is 4.80. The summed E-state index contributed by atoms with van der Waals surface area (Å²) < 4.78 is 19.2. The van der Waals surface area contributed by atoms with Gasteiger partial charge < -0.3 is 19.5 Å². The van der Waals surface area contributed by atoms with Gasteiger partial charge in [0, 0.05) is 29.3 Å². The maximum absolute atomic E-state index is 13.3. The minimum Gasteiger partial charge on any atom is -0.497 e. The Bertz CT molecular complexity index is 1590. The zero-order valence-electron chi connectivity index (χ0n) is 21.5. The van der Waals surface area contributed by atoms with E-state index in [1.54, 1.807) is 44.6 Å². The summed E-state index contributed by atoms with van der Waals surface area (Å²) in [4.78, 5) is 22.1. The van der Waals surface area contributed by atoms with Crippen molar-refractivity contribution in [2.24, 2.45) is 0 Å². The largest absolute Gasteiger partial charge is 0.497 e. The van der Waals surface area contributed by atoms with Crippen molar-refractivity contribution in [1.82, 2.24) is 34.8 Å². The molecule has 0 aliphatic heterocycles. The lowest BCUT2D eigenvalue weighted by Gasteiger charge is -2.11. The van der Waals surface area contributed by atoms with Gasteiger partial charge in [-0.3, -0.25) is 9.78 Å². The number of amides is 1. The molecule has 0 saturated heterocycles. The second kappa shape index (κ2) is 10.6. The van der Waals surface area contributed by atoms with E-state index in [2.05, 4.69) is 25.5 Å². The summed E-state index contributed by atoms with van der Waals surface area (Å²) in [6.45, 7) is 2.63. The molecule has 38 heavy (non-hydrogen) atoms. The first-order valence-electron chi connectivity index (χ1n) is 11.9. The van der Waals surface area contributed by atoms with Gasteiger partial charge in [0.05, 0.1) is 39.6 Å². The average Bonchev–Trinajstić information content (AvgIpc) is 3.56. The van der Waals surface area contributed by atoms with Crippen molar-refractivity contribution in [3.05, 3.63) is 83.6 Å². The average molecular weight is 514 g/mol. The Morgan fingerprint density at radius 1 is 0.921 bits per heavy atom. The number of methoxy groups -OCH3 is 3. The van der Waals surface area contributed by atoms with E-state index in [1.807, 2.05) is 49.4 Å². The molecule has 11 nitrogen and oxygen atoms in total. The standard InChI is InChI=1S/C27H27N7O4/c1-17-11-22-23(14-28-17)34(27-30-16-33(32-27)15-18-5-8-20(36-2)9-6-18)31-25(22)26(35)29-13-19-7-10-21(37-3)12-24(19)38-4/h5-12,14,16H,13,15H2,1-4H3,(H,29,35). The van der Waals surface area contributed by atoms with Crippen LogP contribution >= 0.6 is 0 Å². The highest BCUT2D eigenvalue weighted by molar-refractivity contribution is 6.05. The zero-order valence-corrected chi connectivity index (χ0v) is 21.5. The van der Waals surface area contributed by atoms with Crippen LogP contribution in [0.4, 0.5) is 0 Å². The molecule has 0 aliphatic carbocycles. The fraction of sp³-hybridized carbons (Fsp3) is 0.222. The van der Waals surface area contributed by atoms with Crippen molar-refractivity contribution in [2.75, 3.05) is 21.3 Å². The van der Waals surface area contributed by atoms with Gasteiger partial charge in [-0.1, -0.05) is 12.1 Å². The molecule has 0 unspecified atom stereocenters. The molecule has 194 valence electrons. The van der Waals surface area contributed by atoms with Gasteiger partial charge in [-0.15, -0.1) is 5.10 Å². The number of carbonyl (C=O) groups is 1. The molecular weight excluding hydrogens is 486 g/mol. The molecule has 0 spiro atoms. The lowest BCUT2D eigenvalue weighted by Crippen LogP contribution is -2.24. The van der Waals surface area contributed by atoms with Gasteiger partial charge in [0.2, 0.25) is 0 Å². The Morgan fingerprint density at radius 3 is 2.42 bits per heavy atom. The summed E-state index contributed by atoms with van der Waals surface area (Å²) in [5.41, 5.74) is 3.50. The number of rotatable bonds is 9. The predicted molar refractivity (Wildman–Crippen MR) is 140 cm³/mol. The molecule has 0 fully saturated rings. The molecule has 0 saturated carbocycles. The van der Waals surface area contributed by atoms with Crippen molar-refractivity contribution in [3.8, 4) is 23.2 Å². The first-order valence-corrected chi connectivity index (χ1v) is 11.9. The van der Waals surface area contributed by atoms with Crippen LogP contribution in [-0.2, 0) is 13.1 Å². The van der Waals surface area contributed by atoms with Crippen LogP contribution in [-0.4, -0.2) is 56.8 Å². The van der Waals surface area contributed by atoms with Gasteiger partial charge in [-0.2, -0.15) is 14.8 Å². The molecule has 11 heteroatoms. The Hall–Kier alpha value is -4.93. The van der Waals surface area contributed by atoms with E-state index in [0.29, 0.717) is 34.9 Å². The third-order valence-corrected chi connectivity index (χ3v) is 6.07. The van der Waals surface area contributed by atoms with E-state index in [-0.39, 0.29) is 18.1 Å². The van der Waals surface area contributed by atoms with E-state index < -0.39 is 0 Å². The molecule has 0 bridgehead atoms. The van der Waals surface area contributed by atoms with Gasteiger partial charge in [0.25, 0.3) is 11.9 Å². The number of ether oxygens (including phenoxy) is 3. The van der Waals surface area contributed by atoms with Crippen LogP contribution in [0.15, 0.2) is 61.1 Å². The van der Waals surface area contributed by atoms with Gasteiger partial charge in [0.15, 0.2) is 5.69 Å². The monoisotopic (exact) mass is 513 g/mol. The van der Waals surface area contributed by atoms with Crippen LogP contribution in [0.25, 0.3) is 16.9 Å². The zero-order chi connectivity index (χ0) is 26.6. The Kier molecular flexibility index (Phi) is 6.90. The summed E-state index contributed by atoms with van der Waals surface area (Å²) >= 11 is 0. The van der Waals surface area contributed by atoms with E-state index in [0.717, 1.165) is 22.6 Å². The number of benzene rings is 2. The minimum atomic E-state index is -0.338. The van der Waals surface area contributed by atoms with Crippen molar-refractivity contribution in [3.63, 3.8) is 0 Å². The topological polar surface area (TPSA) is 118 Å². The van der Waals surface area contributed by atoms with Gasteiger partial charge >= 0.3 is 0 Å². The van der Waals surface area contributed by atoms with Gasteiger partial charge in [-0.25, -0.2) is 4.68 Å². The molecule has 1 amide bonds. The number of nitrogens with zero attached hydrogens (tertiary/aromatic N) is 6. The molecule has 3 aromatic heterocycles. The highest BCUT2D eigenvalue weighted by Crippen LogP contribution is 2.25. The van der Waals surface area contributed by atoms with Crippen LogP contribution in [0.2, 0.25) is 0 Å². The summed E-state index contributed by atoms with van der Waals surface area (Å²) in [5, 5.41) is 12.8. The van der Waals surface area contributed by atoms with Crippen LogP contribution in [0.5, 0.6) is 17.2 Å². The molecule has 0 radical (unpaired) electrons. The van der Waals surface area contributed by atoms with Crippen molar-refractivity contribution in [1.29, 1.82) is 0 Å². The van der Waals surface area contributed by atoms with Gasteiger partial charge in [-0.05, 0) is 42.8 Å². The Morgan fingerprint density at radius 2 is 1.68 bits per heavy atom. The Balaban J connectivity index is 1.41. The van der Waals surface area contributed by atoms with Crippen molar-refractivity contribution >= 4 is 16.8 Å². The van der Waals surface area contributed by atoms with E-state index in [9.17, 15) is 4.79 Å². The number of hydrogen-bond donors (Lipinski definition) is 1. The molecule has 5 rings (SSSR count). The molecule has 0 atom stereocenters. The molecule has 3 heterocycles. The second-order valence-electron chi connectivity index (χ2n) is 8.55. The lowest BCUT2D eigenvalue weighted by molar-refractivity contribution is 0.0947. The smallest absolute Gasteiger partial charge is 0.272 e. The first-order chi connectivity index (χ1) is 18.5. The third kappa shape index (κ3) is 4.99. The number of fused-ring (bicyclic) bond motifs is 1. The maximum atomic E-state index is 13.3. The fourth-order valence-electron chi connectivity index (χ4n) is 4.07. The molecule has 5 aromatic rings. The highest BCUT2D eigenvalue weighted by Gasteiger charge is 2.21. The van der Waals surface area contributed by atoms with Crippen LogP contribution in [0, 0.1) is 6.92 Å². The number of pyridine rings is 1. The summed E-state index contributed by atoms with van der Waals surface area (Å²) in [5.74, 6) is 2.07. The quantitative estimate of drug-likeness (QED) is 0.319. The maximum Gasteiger partial charge on any atom is 0.272 e. The lowest BCUT2D eigenvalue weighted by atomic mass is 10.1. The van der Waals surface area contributed by atoms with Crippen LogP contribution in [0.1, 0.15) is 27.3 Å². The third-order valence-electron chi connectivity index (χ3n) is 6.07. The molecule has 0 aliphatic rings. The summed E-state index contributed by atoms with van der Waals surface area (Å²) in [6, 6.07) is 15.0. The minimum absolute atomic E-state index is 0.249. The van der Waals surface area contributed by atoms with E-state index in [1.165, 1.54) is 4.68 Å². The van der Waals surface area contributed by atoms with Crippen LogP contribution < -0.4 is 19.5 Å².